The molecule has 0 spiro atoms. The second-order valence-electron chi connectivity index (χ2n) is 9.99. The fourth-order valence-electron chi connectivity index (χ4n) is 4.69. The minimum absolute atomic E-state index is 0.0671. The number of benzene rings is 2. The Hall–Kier alpha value is -2.47. The fourth-order valence-corrected chi connectivity index (χ4v) is 4.69. The zero-order chi connectivity index (χ0) is 22.9. The van der Waals surface area contributed by atoms with Crippen LogP contribution in [-0.2, 0) is 17.9 Å². The summed E-state index contributed by atoms with van der Waals surface area (Å²) in [6.45, 7) is 4.42. The first-order chi connectivity index (χ1) is 15.9. The van der Waals surface area contributed by atoms with Gasteiger partial charge in [-0.05, 0) is 72.9 Å². The van der Waals surface area contributed by atoms with Gasteiger partial charge in [-0.3, -0.25) is 9.69 Å². The number of rotatable bonds is 8. The van der Waals surface area contributed by atoms with Crippen molar-refractivity contribution in [1.82, 2.24) is 10.2 Å². The zero-order valence-corrected chi connectivity index (χ0v) is 19.1. The summed E-state index contributed by atoms with van der Waals surface area (Å²) in [6, 6.07) is 13.8. The molecule has 2 fully saturated rings. The van der Waals surface area contributed by atoms with Gasteiger partial charge in [-0.15, -0.1) is 0 Å². The van der Waals surface area contributed by atoms with E-state index in [9.17, 15) is 13.6 Å². The summed E-state index contributed by atoms with van der Waals surface area (Å²) in [4.78, 5) is 14.3. The maximum Gasteiger partial charge on any atom is 0.223 e. The quantitative estimate of drug-likeness (QED) is 0.579. The molecular weight excluding hydrogens is 422 g/mol. The van der Waals surface area contributed by atoms with Crippen molar-refractivity contribution in [3.63, 3.8) is 0 Å². The van der Waals surface area contributed by atoms with E-state index < -0.39 is 12.3 Å². The van der Waals surface area contributed by atoms with Gasteiger partial charge in [-0.2, -0.15) is 0 Å². The molecule has 2 aromatic rings. The molecule has 1 heterocycles. The second-order valence-corrected chi connectivity index (χ2v) is 9.99. The summed E-state index contributed by atoms with van der Waals surface area (Å²) >= 11 is 0. The number of halogens is 2. The molecule has 4 nitrogen and oxygen atoms in total. The van der Waals surface area contributed by atoms with E-state index in [4.69, 9.17) is 4.74 Å². The van der Waals surface area contributed by atoms with Crippen LogP contribution in [0.2, 0.25) is 0 Å². The van der Waals surface area contributed by atoms with Crippen molar-refractivity contribution >= 4 is 5.91 Å². The predicted molar refractivity (Wildman–Crippen MR) is 123 cm³/mol. The van der Waals surface area contributed by atoms with E-state index in [-0.39, 0.29) is 17.9 Å². The molecule has 2 aromatic carbocycles. The molecule has 1 aliphatic heterocycles. The highest BCUT2D eigenvalue weighted by atomic mass is 19.1. The number of ether oxygens (including phenoxy) is 1. The number of hydrogen-bond acceptors (Lipinski definition) is 3. The lowest BCUT2D eigenvalue weighted by Crippen LogP contribution is -2.40. The van der Waals surface area contributed by atoms with Gasteiger partial charge in [0.1, 0.15) is 18.1 Å². The molecule has 33 heavy (non-hydrogen) atoms. The van der Waals surface area contributed by atoms with Crippen molar-refractivity contribution in [2.75, 3.05) is 13.2 Å². The number of hydrogen-bond donors (Lipinski definition) is 1. The van der Waals surface area contributed by atoms with Crippen LogP contribution in [0.4, 0.5) is 8.78 Å². The molecule has 1 unspecified atom stereocenters. The maximum atomic E-state index is 15.0. The summed E-state index contributed by atoms with van der Waals surface area (Å²) in [7, 11) is 0. The molecule has 2 atom stereocenters. The van der Waals surface area contributed by atoms with E-state index in [1.807, 2.05) is 49.4 Å². The van der Waals surface area contributed by atoms with Crippen LogP contribution in [0.3, 0.4) is 0 Å². The Bertz CT molecular complexity index is 986. The fraction of sp³-hybridized carbons (Fsp3) is 0.519. The third-order valence-corrected chi connectivity index (χ3v) is 7.15. The topological polar surface area (TPSA) is 41.6 Å². The van der Waals surface area contributed by atoms with Crippen LogP contribution in [0, 0.1) is 11.8 Å². The van der Waals surface area contributed by atoms with Gasteiger partial charge in [0.15, 0.2) is 0 Å². The highest BCUT2D eigenvalue weighted by molar-refractivity contribution is 5.80. The SMILES string of the molecule is C[C@H](NC(=O)[C@H]1C[C@H](F)C1)c1ccc(CN2Cc3ccc(OCC4CC4)cc3C(F)C2)cc1. The number of carbonyl (C=O) groups is 1. The standard InChI is InChI=1S/C27H32F2N2O2/c1-17(30-27(32)22-10-23(28)11-22)20-6-4-18(5-7-20)13-31-14-21-8-9-24(33-16-19-2-3-19)12-25(21)26(29)15-31/h4-9,12,17,19,22-23,26H,2-3,10-11,13-16H2,1H3,(H,30,32)/t17-,22-,23-,26?/m0/s1. The highest BCUT2D eigenvalue weighted by Crippen LogP contribution is 2.35. The van der Waals surface area contributed by atoms with Crippen LogP contribution in [-0.4, -0.2) is 30.1 Å². The van der Waals surface area contributed by atoms with E-state index in [1.165, 1.54) is 12.8 Å². The van der Waals surface area contributed by atoms with Crippen molar-refractivity contribution in [3.05, 3.63) is 64.7 Å². The van der Waals surface area contributed by atoms with Crippen molar-refractivity contribution in [1.29, 1.82) is 0 Å². The van der Waals surface area contributed by atoms with Crippen molar-refractivity contribution in [2.45, 2.75) is 64.1 Å². The first-order valence-corrected chi connectivity index (χ1v) is 12.1. The predicted octanol–water partition coefficient (Wildman–Crippen LogP) is 5.43. The number of alkyl halides is 2. The molecule has 1 N–H and O–H groups in total. The van der Waals surface area contributed by atoms with E-state index in [1.54, 1.807) is 0 Å². The van der Waals surface area contributed by atoms with Crippen LogP contribution in [0.25, 0.3) is 0 Å². The molecule has 6 heteroatoms. The number of nitrogens with zero attached hydrogens (tertiary/aromatic N) is 1. The molecule has 3 aliphatic rings. The molecule has 2 saturated carbocycles. The smallest absolute Gasteiger partial charge is 0.223 e. The van der Waals surface area contributed by atoms with Gasteiger partial charge in [0.2, 0.25) is 5.91 Å². The number of carbonyl (C=O) groups excluding carboxylic acids is 1. The van der Waals surface area contributed by atoms with Gasteiger partial charge in [-0.1, -0.05) is 30.3 Å². The highest BCUT2D eigenvalue weighted by Gasteiger charge is 2.35. The summed E-state index contributed by atoms with van der Waals surface area (Å²) in [5.74, 6) is 1.19. The van der Waals surface area contributed by atoms with Gasteiger partial charge < -0.3 is 10.1 Å². The third-order valence-electron chi connectivity index (χ3n) is 7.15. The molecule has 2 aliphatic carbocycles. The van der Waals surface area contributed by atoms with Gasteiger partial charge in [0.25, 0.3) is 0 Å². The lowest BCUT2D eigenvalue weighted by molar-refractivity contribution is -0.130. The first-order valence-electron chi connectivity index (χ1n) is 12.1. The molecule has 1 amide bonds. The third kappa shape index (κ3) is 5.37. The minimum atomic E-state index is -1.02. The van der Waals surface area contributed by atoms with Gasteiger partial charge >= 0.3 is 0 Å². The number of fused-ring (bicyclic) bond motifs is 1. The average molecular weight is 455 g/mol. The Labute approximate surface area is 194 Å². The molecule has 176 valence electrons. The van der Waals surface area contributed by atoms with Crippen molar-refractivity contribution in [2.24, 2.45) is 11.8 Å². The largest absolute Gasteiger partial charge is 0.493 e. The molecule has 5 rings (SSSR count). The van der Waals surface area contributed by atoms with E-state index in [0.717, 1.165) is 34.6 Å². The van der Waals surface area contributed by atoms with Crippen LogP contribution < -0.4 is 10.1 Å². The monoisotopic (exact) mass is 454 g/mol. The molecule has 0 aromatic heterocycles. The lowest BCUT2D eigenvalue weighted by atomic mass is 9.82. The second kappa shape index (κ2) is 9.41. The maximum absolute atomic E-state index is 15.0. The molecular formula is C27H32F2N2O2. The Balaban J connectivity index is 1.15. The normalized spacial score (nSPS) is 25.6. The molecule has 0 radical (unpaired) electrons. The van der Waals surface area contributed by atoms with Crippen LogP contribution in [0.1, 0.15) is 67.1 Å². The summed E-state index contributed by atoms with van der Waals surface area (Å²) in [6.07, 6.45) is 1.29. The average Bonchev–Trinajstić information content (AvgIpc) is 3.61. The van der Waals surface area contributed by atoms with Gasteiger partial charge in [0, 0.05) is 25.6 Å². The van der Waals surface area contributed by atoms with Crippen molar-refractivity contribution in [3.8, 4) is 5.75 Å². The lowest BCUT2D eigenvalue weighted by Gasteiger charge is -2.31. The summed E-state index contributed by atoms with van der Waals surface area (Å²) in [5.41, 5.74) is 3.89. The first kappa shape index (κ1) is 22.3. The van der Waals surface area contributed by atoms with Gasteiger partial charge in [-0.25, -0.2) is 8.78 Å². The molecule has 0 saturated heterocycles. The van der Waals surface area contributed by atoms with E-state index >= 15 is 0 Å². The summed E-state index contributed by atoms with van der Waals surface area (Å²) < 4.78 is 33.8. The zero-order valence-electron chi connectivity index (χ0n) is 19.1. The van der Waals surface area contributed by atoms with Crippen LogP contribution in [0.15, 0.2) is 42.5 Å². The van der Waals surface area contributed by atoms with E-state index in [2.05, 4.69) is 10.2 Å². The van der Waals surface area contributed by atoms with E-state index in [0.29, 0.717) is 38.4 Å². The Morgan fingerprint density at radius 3 is 2.61 bits per heavy atom. The Morgan fingerprint density at radius 2 is 1.91 bits per heavy atom. The molecule has 0 bridgehead atoms. The minimum Gasteiger partial charge on any atom is -0.493 e. The number of amides is 1. The van der Waals surface area contributed by atoms with Gasteiger partial charge in [0.05, 0.1) is 12.6 Å². The van der Waals surface area contributed by atoms with Crippen LogP contribution in [0.5, 0.6) is 5.75 Å². The Morgan fingerprint density at radius 1 is 1.15 bits per heavy atom. The van der Waals surface area contributed by atoms with Crippen LogP contribution >= 0.6 is 0 Å². The Kier molecular flexibility index (Phi) is 6.37. The summed E-state index contributed by atoms with van der Waals surface area (Å²) in [5, 5.41) is 2.98. The van der Waals surface area contributed by atoms with Crippen molar-refractivity contribution < 1.29 is 18.3 Å². The number of nitrogens with one attached hydrogen (secondary N) is 1.